The van der Waals surface area contributed by atoms with Gasteiger partial charge in [-0.3, -0.25) is 9.59 Å². The number of rotatable bonds is 4. The van der Waals surface area contributed by atoms with E-state index in [4.69, 9.17) is 0 Å². The number of nitrogens with zero attached hydrogens (tertiary/aromatic N) is 1. The second-order valence-electron chi connectivity index (χ2n) is 7.59. The molecule has 3 unspecified atom stereocenters. The number of piperidine rings is 1. The van der Waals surface area contributed by atoms with Crippen LogP contribution in [0.5, 0.6) is 0 Å². The van der Waals surface area contributed by atoms with Crippen LogP contribution in [0, 0.1) is 17.8 Å². The molecule has 5 nitrogen and oxygen atoms in total. The van der Waals surface area contributed by atoms with Crippen LogP contribution in [0.25, 0.3) is 0 Å². The second kappa shape index (κ2) is 7.65. The van der Waals surface area contributed by atoms with Crippen molar-refractivity contribution < 1.29 is 14.7 Å². The number of carbonyl (C=O) groups is 2. The monoisotopic (exact) mass is 322 g/mol. The fourth-order valence-electron chi connectivity index (χ4n) is 4.07. The van der Waals surface area contributed by atoms with Crippen LogP contribution in [-0.2, 0) is 9.59 Å². The molecule has 0 bridgehead atoms. The Labute approximate surface area is 138 Å². The summed E-state index contributed by atoms with van der Waals surface area (Å²) in [5.74, 6) is 0.689. The predicted molar refractivity (Wildman–Crippen MR) is 87.6 cm³/mol. The Hall–Kier alpha value is -1.10. The normalized spacial score (nSPS) is 32.2. The molecule has 23 heavy (non-hydrogen) atoms. The largest absolute Gasteiger partial charge is 0.396 e. The highest BCUT2D eigenvalue weighted by Gasteiger charge is 2.37. The Morgan fingerprint density at radius 2 is 1.74 bits per heavy atom. The predicted octanol–water partition coefficient (Wildman–Crippen LogP) is 1.69. The molecular weight excluding hydrogens is 292 g/mol. The van der Waals surface area contributed by atoms with Crippen LogP contribution >= 0.6 is 0 Å². The lowest BCUT2D eigenvalue weighted by atomic mass is 9.92. The van der Waals surface area contributed by atoms with Gasteiger partial charge in [-0.1, -0.05) is 19.3 Å². The maximum atomic E-state index is 12.7. The molecule has 130 valence electrons. The summed E-state index contributed by atoms with van der Waals surface area (Å²) in [4.78, 5) is 26.8. The molecule has 3 fully saturated rings. The minimum absolute atomic E-state index is 0.0750. The van der Waals surface area contributed by atoms with E-state index in [-0.39, 0.29) is 42.2 Å². The van der Waals surface area contributed by atoms with E-state index in [1.165, 1.54) is 6.42 Å². The van der Waals surface area contributed by atoms with Crippen molar-refractivity contribution in [3.8, 4) is 0 Å². The molecule has 0 radical (unpaired) electrons. The Morgan fingerprint density at radius 1 is 0.957 bits per heavy atom. The SMILES string of the molecule is O=C(NC1CCCCCC1CO)C1CCCN(C(=O)C2CC2)C1. The molecule has 3 aliphatic rings. The van der Waals surface area contributed by atoms with Gasteiger partial charge in [-0.25, -0.2) is 0 Å². The molecule has 1 saturated heterocycles. The van der Waals surface area contributed by atoms with Crippen molar-refractivity contribution in [3.63, 3.8) is 0 Å². The molecule has 0 aromatic rings. The molecule has 0 spiro atoms. The summed E-state index contributed by atoms with van der Waals surface area (Å²) < 4.78 is 0. The van der Waals surface area contributed by atoms with Gasteiger partial charge in [-0.05, 0) is 38.5 Å². The van der Waals surface area contributed by atoms with E-state index in [0.717, 1.165) is 57.9 Å². The Bertz CT molecular complexity index is 436. The quantitative estimate of drug-likeness (QED) is 0.774. The first-order valence-electron chi connectivity index (χ1n) is 9.39. The van der Waals surface area contributed by atoms with E-state index in [9.17, 15) is 14.7 Å². The highest BCUT2D eigenvalue weighted by molar-refractivity contribution is 5.83. The molecule has 0 aromatic heterocycles. The summed E-state index contributed by atoms with van der Waals surface area (Å²) in [5, 5.41) is 12.8. The number of aliphatic hydroxyl groups excluding tert-OH is 1. The minimum atomic E-state index is -0.0750. The first-order valence-corrected chi connectivity index (χ1v) is 9.39. The number of hydrogen-bond acceptors (Lipinski definition) is 3. The maximum Gasteiger partial charge on any atom is 0.225 e. The third-order valence-corrected chi connectivity index (χ3v) is 5.75. The van der Waals surface area contributed by atoms with Crippen molar-refractivity contribution in [2.24, 2.45) is 17.8 Å². The average molecular weight is 322 g/mol. The van der Waals surface area contributed by atoms with Crippen LogP contribution < -0.4 is 5.32 Å². The van der Waals surface area contributed by atoms with Gasteiger partial charge in [-0.2, -0.15) is 0 Å². The standard InChI is InChI=1S/C18H30N2O3/c21-12-15-5-2-1-3-7-16(15)19-17(22)14-6-4-10-20(11-14)18(23)13-8-9-13/h13-16,21H,1-12H2,(H,19,22). The average Bonchev–Trinajstić information content (AvgIpc) is 3.42. The van der Waals surface area contributed by atoms with Crippen LogP contribution in [0.15, 0.2) is 0 Å². The highest BCUT2D eigenvalue weighted by atomic mass is 16.3. The van der Waals surface area contributed by atoms with Gasteiger partial charge >= 0.3 is 0 Å². The molecule has 2 amide bonds. The Morgan fingerprint density at radius 3 is 2.48 bits per heavy atom. The number of nitrogens with one attached hydrogen (secondary N) is 1. The maximum absolute atomic E-state index is 12.7. The van der Waals surface area contributed by atoms with Crippen LogP contribution in [-0.4, -0.2) is 47.6 Å². The number of amides is 2. The summed E-state index contributed by atoms with van der Waals surface area (Å²) in [6, 6.07) is 0.101. The molecule has 2 aliphatic carbocycles. The molecule has 2 saturated carbocycles. The van der Waals surface area contributed by atoms with Crippen molar-refractivity contribution in [3.05, 3.63) is 0 Å². The molecule has 0 aromatic carbocycles. The van der Waals surface area contributed by atoms with Gasteiger partial charge in [0, 0.05) is 37.6 Å². The van der Waals surface area contributed by atoms with E-state index in [2.05, 4.69) is 5.32 Å². The van der Waals surface area contributed by atoms with E-state index in [1.807, 2.05) is 4.90 Å². The lowest BCUT2D eigenvalue weighted by Crippen LogP contribution is -2.49. The fraction of sp³-hybridized carbons (Fsp3) is 0.889. The van der Waals surface area contributed by atoms with Crippen LogP contribution in [0.4, 0.5) is 0 Å². The van der Waals surface area contributed by atoms with Gasteiger partial charge in [0.05, 0.1) is 5.92 Å². The smallest absolute Gasteiger partial charge is 0.225 e. The summed E-state index contributed by atoms with van der Waals surface area (Å²) >= 11 is 0. The number of carbonyl (C=O) groups excluding carboxylic acids is 2. The van der Waals surface area contributed by atoms with E-state index < -0.39 is 0 Å². The third-order valence-electron chi connectivity index (χ3n) is 5.75. The van der Waals surface area contributed by atoms with E-state index >= 15 is 0 Å². The number of likely N-dealkylation sites (tertiary alicyclic amines) is 1. The van der Waals surface area contributed by atoms with Crippen LogP contribution in [0.2, 0.25) is 0 Å². The zero-order valence-electron chi connectivity index (χ0n) is 14.0. The van der Waals surface area contributed by atoms with Gasteiger partial charge in [0.1, 0.15) is 0 Å². The molecule has 1 aliphatic heterocycles. The second-order valence-corrected chi connectivity index (χ2v) is 7.59. The van der Waals surface area contributed by atoms with Crippen LogP contribution in [0.1, 0.15) is 57.8 Å². The molecule has 3 atom stereocenters. The zero-order valence-corrected chi connectivity index (χ0v) is 14.0. The lowest BCUT2D eigenvalue weighted by Gasteiger charge is -2.34. The van der Waals surface area contributed by atoms with E-state index in [0.29, 0.717) is 6.54 Å². The highest BCUT2D eigenvalue weighted by Crippen LogP contribution is 2.32. The summed E-state index contributed by atoms with van der Waals surface area (Å²) in [5.41, 5.74) is 0. The summed E-state index contributed by atoms with van der Waals surface area (Å²) in [6.45, 7) is 1.54. The minimum Gasteiger partial charge on any atom is -0.396 e. The van der Waals surface area contributed by atoms with Crippen LogP contribution in [0.3, 0.4) is 0 Å². The number of hydrogen-bond donors (Lipinski definition) is 2. The van der Waals surface area contributed by atoms with Gasteiger partial charge in [0.15, 0.2) is 0 Å². The first kappa shape index (κ1) is 16.7. The molecular formula is C18H30N2O3. The zero-order chi connectivity index (χ0) is 16.2. The van der Waals surface area contributed by atoms with Crippen molar-refractivity contribution in [1.82, 2.24) is 10.2 Å². The van der Waals surface area contributed by atoms with Crippen molar-refractivity contribution in [2.75, 3.05) is 19.7 Å². The molecule has 2 N–H and O–H groups in total. The lowest BCUT2D eigenvalue weighted by molar-refractivity contribution is -0.137. The van der Waals surface area contributed by atoms with Gasteiger partial charge in [-0.15, -0.1) is 0 Å². The van der Waals surface area contributed by atoms with Crippen molar-refractivity contribution >= 4 is 11.8 Å². The Kier molecular flexibility index (Phi) is 5.57. The first-order chi connectivity index (χ1) is 11.2. The van der Waals surface area contributed by atoms with Gasteiger partial charge in [0.25, 0.3) is 0 Å². The van der Waals surface area contributed by atoms with Gasteiger partial charge < -0.3 is 15.3 Å². The van der Waals surface area contributed by atoms with Crippen molar-refractivity contribution in [2.45, 2.75) is 63.8 Å². The third kappa shape index (κ3) is 4.25. The summed E-state index contributed by atoms with van der Waals surface area (Å²) in [7, 11) is 0. The Balaban J connectivity index is 1.54. The van der Waals surface area contributed by atoms with E-state index in [1.54, 1.807) is 0 Å². The molecule has 1 heterocycles. The molecule has 5 heteroatoms. The van der Waals surface area contributed by atoms with Crippen molar-refractivity contribution in [1.29, 1.82) is 0 Å². The molecule has 3 rings (SSSR count). The van der Waals surface area contributed by atoms with Gasteiger partial charge in [0.2, 0.25) is 11.8 Å². The fourth-order valence-corrected chi connectivity index (χ4v) is 4.07. The number of aliphatic hydroxyl groups is 1. The topological polar surface area (TPSA) is 69.6 Å². The summed E-state index contributed by atoms with van der Waals surface area (Å²) in [6.07, 6.45) is 9.26.